The fraction of sp³-hybridized carbons (Fsp3) is 0.333. The third-order valence-corrected chi connectivity index (χ3v) is 4.44. The second kappa shape index (κ2) is 11.0. The second-order valence-electron chi connectivity index (χ2n) is 6.56. The average Bonchev–Trinajstić information content (AvgIpc) is 3.21. The van der Waals surface area contributed by atoms with E-state index in [0.717, 1.165) is 12.0 Å². The summed E-state index contributed by atoms with van der Waals surface area (Å²) in [5, 5.41) is 8.67. The molecule has 0 aromatic heterocycles. The lowest BCUT2D eigenvalue weighted by Crippen LogP contribution is -2.43. The molecular formula is C21H24F2N4O4. The Balaban J connectivity index is 1.47. The largest absolute Gasteiger partial charge is 0.454 e. The molecule has 8 nitrogen and oxygen atoms in total. The average molecular weight is 434 g/mol. The van der Waals surface area contributed by atoms with Crippen LogP contribution in [0.4, 0.5) is 8.78 Å². The normalized spacial score (nSPS) is 12.6. The number of aliphatic imine (C=N–C) groups is 1. The maximum atomic E-state index is 12.7. The van der Waals surface area contributed by atoms with Crippen LogP contribution < -0.4 is 30.2 Å². The van der Waals surface area contributed by atoms with Gasteiger partial charge in [-0.15, -0.1) is 0 Å². The highest BCUT2D eigenvalue weighted by atomic mass is 19.3. The zero-order valence-corrected chi connectivity index (χ0v) is 17.0. The van der Waals surface area contributed by atoms with Gasteiger partial charge >= 0.3 is 6.61 Å². The number of hydrogen-bond donors (Lipinski definition) is 3. The van der Waals surface area contributed by atoms with Gasteiger partial charge in [0.2, 0.25) is 12.7 Å². The first kappa shape index (κ1) is 22.1. The highest BCUT2D eigenvalue weighted by Gasteiger charge is 2.20. The zero-order chi connectivity index (χ0) is 22.1. The molecule has 0 fully saturated rings. The molecule has 0 spiro atoms. The van der Waals surface area contributed by atoms with Crippen molar-refractivity contribution in [1.82, 2.24) is 16.0 Å². The van der Waals surface area contributed by atoms with Gasteiger partial charge in [-0.25, -0.2) is 0 Å². The number of carbonyl (C=O) groups excluding carboxylic acids is 1. The van der Waals surface area contributed by atoms with Crippen LogP contribution in [0.15, 0.2) is 47.5 Å². The molecule has 2 aromatic carbocycles. The van der Waals surface area contributed by atoms with Gasteiger partial charge in [0.15, 0.2) is 17.5 Å². The number of amides is 1. The number of hydrogen-bond acceptors (Lipinski definition) is 5. The van der Waals surface area contributed by atoms with E-state index in [1.54, 1.807) is 13.1 Å². The molecule has 0 atom stereocenters. The van der Waals surface area contributed by atoms with Crippen LogP contribution >= 0.6 is 0 Å². The molecule has 31 heavy (non-hydrogen) atoms. The van der Waals surface area contributed by atoms with Crippen molar-refractivity contribution in [2.75, 3.05) is 26.9 Å². The van der Waals surface area contributed by atoms with Crippen LogP contribution in [0.5, 0.6) is 17.2 Å². The Morgan fingerprint density at radius 2 is 1.87 bits per heavy atom. The number of fused-ring (bicyclic) bond motifs is 1. The molecule has 2 aromatic rings. The van der Waals surface area contributed by atoms with E-state index in [4.69, 9.17) is 9.47 Å². The van der Waals surface area contributed by atoms with E-state index in [1.165, 1.54) is 6.07 Å². The SMILES string of the molecule is CN=C(NCC(=O)NCCc1ccccc1)NCc1cc2c(cc1OC(F)F)OCO2. The van der Waals surface area contributed by atoms with Gasteiger partial charge in [0.05, 0.1) is 6.54 Å². The molecule has 1 amide bonds. The van der Waals surface area contributed by atoms with Crippen molar-refractivity contribution in [3.8, 4) is 17.2 Å². The number of carbonyl (C=O) groups is 1. The first-order valence-electron chi connectivity index (χ1n) is 9.67. The first-order chi connectivity index (χ1) is 15.0. The number of rotatable bonds is 9. The summed E-state index contributed by atoms with van der Waals surface area (Å²) in [5.74, 6) is 0.900. The molecule has 0 saturated heterocycles. The lowest BCUT2D eigenvalue weighted by molar-refractivity contribution is -0.119. The molecule has 0 unspecified atom stereocenters. The molecule has 1 heterocycles. The molecule has 0 bridgehead atoms. The van der Waals surface area contributed by atoms with Crippen LogP contribution in [0.2, 0.25) is 0 Å². The number of ether oxygens (including phenoxy) is 3. The van der Waals surface area contributed by atoms with Gasteiger partial charge in [-0.05, 0) is 18.1 Å². The summed E-state index contributed by atoms with van der Waals surface area (Å²) in [5.41, 5.74) is 1.57. The molecule has 0 aliphatic carbocycles. The van der Waals surface area contributed by atoms with Gasteiger partial charge in [-0.2, -0.15) is 8.78 Å². The van der Waals surface area contributed by atoms with E-state index in [0.29, 0.717) is 29.6 Å². The van der Waals surface area contributed by atoms with Crippen molar-refractivity contribution in [2.45, 2.75) is 19.6 Å². The molecule has 0 saturated carbocycles. The summed E-state index contributed by atoms with van der Waals surface area (Å²) in [6, 6.07) is 12.8. The quantitative estimate of drug-likeness (QED) is 0.413. The van der Waals surface area contributed by atoms with Crippen molar-refractivity contribution in [3.05, 3.63) is 53.6 Å². The summed E-state index contributed by atoms with van der Waals surface area (Å²) < 4.78 is 40.6. The van der Waals surface area contributed by atoms with E-state index in [9.17, 15) is 13.6 Å². The van der Waals surface area contributed by atoms with Crippen molar-refractivity contribution < 1.29 is 27.8 Å². The number of nitrogens with zero attached hydrogens (tertiary/aromatic N) is 1. The van der Waals surface area contributed by atoms with E-state index >= 15 is 0 Å². The van der Waals surface area contributed by atoms with Crippen LogP contribution in [0.3, 0.4) is 0 Å². The van der Waals surface area contributed by atoms with Crippen molar-refractivity contribution in [3.63, 3.8) is 0 Å². The summed E-state index contributed by atoms with van der Waals surface area (Å²) in [6.07, 6.45) is 0.733. The summed E-state index contributed by atoms with van der Waals surface area (Å²) >= 11 is 0. The third-order valence-electron chi connectivity index (χ3n) is 4.44. The number of alkyl halides is 2. The second-order valence-corrected chi connectivity index (χ2v) is 6.56. The molecule has 1 aliphatic rings. The Labute approximate surface area is 178 Å². The first-order valence-corrected chi connectivity index (χ1v) is 9.67. The standard InChI is InChI=1S/C21H24F2N4O4/c1-24-21(27-12-19(28)25-8-7-14-5-3-2-4-6-14)26-11-15-9-17-18(30-13-29-17)10-16(15)31-20(22)23/h2-6,9-10,20H,7-8,11-13H2,1H3,(H,25,28)(H2,24,26,27). The predicted molar refractivity (Wildman–Crippen MR) is 111 cm³/mol. The van der Waals surface area contributed by atoms with Gasteiger partial charge in [-0.3, -0.25) is 9.79 Å². The molecule has 0 radical (unpaired) electrons. The lowest BCUT2D eigenvalue weighted by atomic mass is 10.1. The Morgan fingerprint density at radius 1 is 1.13 bits per heavy atom. The van der Waals surface area contributed by atoms with Crippen LogP contribution in [0, 0.1) is 0 Å². The van der Waals surface area contributed by atoms with Crippen LogP contribution in [-0.4, -0.2) is 45.4 Å². The van der Waals surface area contributed by atoms with Gasteiger partial charge < -0.3 is 30.2 Å². The summed E-state index contributed by atoms with van der Waals surface area (Å²) in [4.78, 5) is 16.1. The zero-order valence-electron chi connectivity index (χ0n) is 17.0. The number of guanidine groups is 1. The molecule has 3 N–H and O–H groups in total. The highest BCUT2D eigenvalue weighted by molar-refractivity contribution is 5.86. The Kier molecular flexibility index (Phi) is 7.85. The molecule has 3 rings (SSSR count). The van der Waals surface area contributed by atoms with E-state index < -0.39 is 6.61 Å². The number of benzene rings is 2. The molecule has 1 aliphatic heterocycles. The molecular weight excluding hydrogens is 410 g/mol. The molecule has 166 valence electrons. The van der Waals surface area contributed by atoms with E-state index in [1.807, 2.05) is 30.3 Å². The minimum absolute atomic E-state index is 0.00991. The Bertz CT molecular complexity index is 910. The summed E-state index contributed by atoms with van der Waals surface area (Å²) in [6.45, 7) is -2.31. The topological polar surface area (TPSA) is 93.2 Å². The third kappa shape index (κ3) is 6.73. The Hall–Kier alpha value is -3.56. The van der Waals surface area contributed by atoms with Crippen LogP contribution in [-0.2, 0) is 17.8 Å². The maximum absolute atomic E-state index is 12.7. The smallest absolute Gasteiger partial charge is 0.387 e. The fourth-order valence-corrected chi connectivity index (χ4v) is 2.93. The minimum Gasteiger partial charge on any atom is -0.454 e. The van der Waals surface area contributed by atoms with Gasteiger partial charge in [-0.1, -0.05) is 30.3 Å². The minimum atomic E-state index is -2.98. The van der Waals surface area contributed by atoms with Crippen molar-refractivity contribution in [1.29, 1.82) is 0 Å². The van der Waals surface area contributed by atoms with Gasteiger partial charge in [0.1, 0.15) is 5.75 Å². The number of nitrogens with one attached hydrogen (secondary N) is 3. The van der Waals surface area contributed by atoms with Crippen molar-refractivity contribution in [2.24, 2.45) is 4.99 Å². The summed E-state index contributed by atoms with van der Waals surface area (Å²) in [7, 11) is 1.54. The number of halogens is 2. The maximum Gasteiger partial charge on any atom is 0.387 e. The van der Waals surface area contributed by atoms with Crippen LogP contribution in [0.25, 0.3) is 0 Å². The van der Waals surface area contributed by atoms with Gasteiger partial charge in [0.25, 0.3) is 0 Å². The predicted octanol–water partition coefficient (Wildman–Crippen LogP) is 2.04. The van der Waals surface area contributed by atoms with E-state index in [2.05, 4.69) is 25.7 Å². The highest BCUT2D eigenvalue weighted by Crippen LogP contribution is 2.38. The Morgan fingerprint density at radius 3 is 2.58 bits per heavy atom. The van der Waals surface area contributed by atoms with E-state index in [-0.39, 0.29) is 31.5 Å². The lowest BCUT2D eigenvalue weighted by Gasteiger charge is -2.15. The van der Waals surface area contributed by atoms with Crippen LogP contribution in [0.1, 0.15) is 11.1 Å². The van der Waals surface area contributed by atoms with Crippen molar-refractivity contribution >= 4 is 11.9 Å². The monoisotopic (exact) mass is 434 g/mol. The fourth-order valence-electron chi connectivity index (χ4n) is 2.93. The molecule has 10 heteroatoms. The van der Waals surface area contributed by atoms with Gasteiger partial charge in [0, 0.05) is 31.8 Å².